The Kier molecular flexibility index (Phi) is 4.66. The van der Waals surface area contributed by atoms with Crippen LogP contribution in [-0.2, 0) is 26.3 Å². The summed E-state index contributed by atoms with van der Waals surface area (Å²) in [5, 5.41) is 3.72. The molecule has 1 spiro atoms. The van der Waals surface area contributed by atoms with Crippen molar-refractivity contribution in [1.29, 1.82) is 0 Å². The van der Waals surface area contributed by atoms with Gasteiger partial charge < -0.3 is 19.1 Å². The quantitative estimate of drug-likeness (QED) is 0.799. The topological polar surface area (TPSA) is 88.8 Å². The molecular formula is C20H24N4O4. The third kappa shape index (κ3) is 3.17. The molecule has 1 aromatic carbocycles. The predicted molar refractivity (Wildman–Crippen MR) is 99.2 cm³/mol. The molecule has 1 unspecified atom stereocenters. The third-order valence-corrected chi connectivity index (χ3v) is 5.54. The normalized spacial score (nSPS) is 20.2. The minimum absolute atomic E-state index is 0.0364. The van der Waals surface area contributed by atoms with Crippen LogP contribution in [0, 0.1) is 6.92 Å². The molecule has 148 valence electrons. The molecule has 2 amide bonds. The van der Waals surface area contributed by atoms with Crippen LogP contribution in [0.15, 0.2) is 28.8 Å². The summed E-state index contributed by atoms with van der Waals surface area (Å²) in [6.45, 7) is 2.84. The second-order valence-corrected chi connectivity index (χ2v) is 7.60. The van der Waals surface area contributed by atoms with Crippen LogP contribution in [0.2, 0.25) is 0 Å². The summed E-state index contributed by atoms with van der Waals surface area (Å²) in [6, 6.07) is 7.91. The number of piperidine rings is 1. The number of rotatable bonds is 3. The Morgan fingerprint density at radius 2 is 1.96 bits per heavy atom. The number of likely N-dealkylation sites (N-methyl/N-ethyl adjacent to an activating group) is 1. The average Bonchev–Trinajstić information content (AvgIpc) is 3.23. The van der Waals surface area contributed by atoms with Crippen LogP contribution in [0.3, 0.4) is 0 Å². The fourth-order valence-electron chi connectivity index (χ4n) is 4.07. The lowest BCUT2D eigenvalue weighted by atomic mass is 9.83. The number of likely N-dealkylation sites (tertiary alicyclic amines) is 1. The highest BCUT2D eigenvalue weighted by atomic mass is 16.5. The van der Waals surface area contributed by atoms with Gasteiger partial charge in [-0.15, -0.1) is 0 Å². The van der Waals surface area contributed by atoms with E-state index in [4.69, 9.17) is 9.26 Å². The first kappa shape index (κ1) is 18.6. The maximum atomic E-state index is 12.6. The first-order valence-electron chi connectivity index (χ1n) is 9.45. The Morgan fingerprint density at radius 3 is 2.61 bits per heavy atom. The number of fused-ring (bicyclic) bond motifs is 2. The molecule has 0 N–H and O–H groups in total. The first-order chi connectivity index (χ1) is 13.4. The fourth-order valence-corrected chi connectivity index (χ4v) is 4.07. The van der Waals surface area contributed by atoms with Gasteiger partial charge in [-0.05, 0) is 30.9 Å². The van der Waals surface area contributed by atoms with E-state index in [0.29, 0.717) is 37.6 Å². The molecule has 8 heteroatoms. The molecule has 0 radical (unpaired) electrons. The summed E-state index contributed by atoms with van der Waals surface area (Å²) >= 11 is 0. The van der Waals surface area contributed by atoms with Gasteiger partial charge in [-0.2, -0.15) is 4.98 Å². The molecule has 2 aromatic rings. The number of hydrogen-bond donors (Lipinski definition) is 0. The van der Waals surface area contributed by atoms with Crippen LogP contribution >= 0.6 is 0 Å². The Labute approximate surface area is 163 Å². The van der Waals surface area contributed by atoms with E-state index in [9.17, 15) is 9.59 Å². The second-order valence-electron chi connectivity index (χ2n) is 7.60. The van der Waals surface area contributed by atoms with Gasteiger partial charge >= 0.3 is 0 Å². The van der Waals surface area contributed by atoms with Crippen molar-refractivity contribution in [1.82, 2.24) is 19.9 Å². The zero-order chi connectivity index (χ0) is 19.9. The van der Waals surface area contributed by atoms with Crippen molar-refractivity contribution in [3.8, 4) is 0 Å². The maximum absolute atomic E-state index is 12.6. The van der Waals surface area contributed by atoms with Crippen molar-refractivity contribution in [3.05, 3.63) is 47.1 Å². The molecule has 4 rings (SSSR count). The van der Waals surface area contributed by atoms with E-state index in [1.807, 2.05) is 24.3 Å². The van der Waals surface area contributed by atoms with E-state index < -0.39 is 11.7 Å². The van der Waals surface area contributed by atoms with Gasteiger partial charge in [0.1, 0.15) is 6.42 Å². The summed E-state index contributed by atoms with van der Waals surface area (Å²) in [5.74, 6) is 0.759. The Hall–Kier alpha value is -2.74. The van der Waals surface area contributed by atoms with Gasteiger partial charge in [0.2, 0.25) is 11.8 Å². The zero-order valence-electron chi connectivity index (χ0n) is 16.3. The Balaban J connectivity index is 1.49. The first-order valence-corrected chi connectivity index (χ1v) is 9.45. The highest BCUT2D eigenvalue weighted by molar-refractivity contribution is 5.83. The van der Waals surface area contributed by atoms with Gasteiger partial charge in [-0.25, -0.2) is 0 Å². The molecular weight excluding hydrogens is 360 g/mol. The van der Waals surface area contributed by atoms with Gasteiger partial charge in [0.25, 0.3) is 5.91 Å². The van der Waals surface area contributed by atoms with Gasteiger partial charge in [0.15, 0.2) is 11.9 Å². The molecule has 8 nitrogen and oxygen atoms in total. The van der Waals surface area contributed by atoms with Crippen LogP contribution in [-0.4, -0.2) is 58.9 Å². The molecule has 1 saturated heterocycles. The van der Waals surface area contributed by atoms with Crippen molar-refractivity contribution in [2.45, 2.75) is 37.9 Å². The van der Waals surface area contributed by atoms with E-state index in [0.717, 1.165) is 11.1 Å². The smallest absolute Gasteiger partial charge is 0.255 e. The van der Waals surface area contributed by atoms with E-state index in [2.05, 4.69) is 10.1 Å². The molecule has 0 aliphatic carbocycles. The number of carbonyl (C=O) groups excluding carboxylic acids is 2. The number of carbonyl (C=O) groups is 2. The molecule has 2 aliphatic heterocycles. The molecule has 0 bridgehead atoms. The monoisotopic (exact) mass is 384 g/mol. The number of ether oxygens (including phenoxy) is 1. The van der Waals surface area contributed by atoms with Gasteiger partial charge in [0, 0.05) is 27.2 Å². The summed E-state index contributed by atoms with van der Waals surface area (Å²) in [7, 11) is 3.47. The minimum atomic E-state index is -0.588. The van der Waals surface area contributed by atoms with Crippen LogP contribution in [0.4, 0.5) is 0 Å². The lowest BCUT2D eigenvalue weighted by Gasteiger charge is -2.39. The molecule has 1 aromatic heterocycles. The van der Waals surface area contributed by atoms with E-state index >= 15 is 0 Å². The highest BCUT2D eigenvalue weighted by Gasteiger charge is 2.49. The van der Waals surface area contributed by atoms with Crippen LogP contribution < -0.4 is 0 Å². The summed E-state index contributed by atoms with van der Waals surface area (Å²) in [6.07, 6.45) is 0.813. The molecule has 1 fully saturated rings. The third-order valence-electron chi connectivity index (χ3n) is 5.54. The van der Waals surface area contributed by atoms with E-state index in [-0.39, 0.29) is 18.2 Å². The van der Waals surface area contributed by atoms with Crippen molar-refractivity contribution in [3.63, 3.8) is 0 Å². The molecule has 28 heavy (non-hydrogen) atoms. The highest BCUT2D eigenvalue weighted by Crippen LogP contribution is 2.49. The molecule has 0 saturated carbocycles. The minimum Gasteiger partial charge on any atom is -0.352 e. The van der Waals surface area contributed by atoms with E-state index in [1.54, 1.807) is 30.8 Å². The maximum Gasteiger partial charge on any atom is 0.255 e. The summed E-state index contributed by atoms with van der Waals surface area (Å²) in [5.41, 5.74) is 1.47. The number of benzene rings is 1. The number of aromatic nitrogens is 2. The van der Waals surface area contributed by atoms with Crippen molar-refractivity contribution in [2.24, 2.45) is 0 Å². The number of aryl methyl sites for hydroxylation is 1. The van der Waals surface area contributed by atoms with Gasteiger partial charge in [-0.1, -0.05) is 29.4 Å². The Morgan fingerprint density at radius 1 is 1.25 bits per heavy atom. The SMILES string of the molecule is Cc1noc(CC(=O)N2CCC3(CC2)OC(C(=O)N(C)C)c2ccccc23)n1. The summed E-state index contributed by atoms with van der Waals surface area (Å²) in [4.78, 5) is 32.7. The summed E-state index contributed by atoms with van der Waals surface area (Å²) < 4.78 is 11.4. The number of hydrogen-bond acceptors (Lipinski definition) is 6. The average molecular weight is 384 g/mol. The predicted octanol–water partition coefficient (Wildman–Crippen LogP) is 1.60. The van der Waals surface area contributed by atoms with Crippen molar-refractivity contribution < 1.29 is 18.8 Å². The lowest BCUT2D eigenvalue weighted by Crippen LogP contribution is -2.46. The number of amides is 2. The molecule has 1 atom stereocenters. The van der Waals surface area contributed by atoms with Gasteiger partial charge in [-0.3, -0.25) is 9.59 Å². The van der Waals surface area contributed by atoms with Crippen LogP contribution in [0.1, 0.15) is 41.8 Å². The largest absolute Gasteiger partial charge is 0.352 e. The van der Waals surface area contributed by atoms with Crippen molar-refractivity contribution >= 4 is 11.8 Å². The van der Waals surface area contributed by atoms with Crippen LogP contribution in [0.25, 0.3) is 0 Å². The van der Waals surface area contributed by atoms with E-state index in [1.165, 1.54) is 0 Å². The van der Waals surface area contributed by atoms with Crippen molar-refractivity contribution in [2.75, 3.05) is 27.2 Å². The number of nitrogens with zero attached hydrogens (tertiary/aromatic N) is 4. The zero-order valence-corrected chi connectivity index (χ0v) is 16.3. The molecule has 3 heterocycles. The lowest BCUT2D eigenvalue weighted by molar-refractivity contribution is -0.161. The second kappa shape index (κ2) is 7.01. The Bertz CT molecular complexity index is 899. The standard InChI is InChI=1S/C20H24N4O4/c1-13-21-16(28-22-13)12-17(25)24-10-8-20(9-11-24)15-7-5-4-6-14(15)18(27-20)19(26)23(2)3/h4-7,18H,8-12H2,1-3H3. The van der Waals surface area contributed by atoms with Crippen LogP contribution in [0.5, 0.6) is 0 Å². The fraction of sp³-hybridized carbons (Fsp3) is 0.500. The van der Waals surface area contributed by atoms with Gasteiger partial charge in [0.05, 0.1) is 5.60 Å². The molecule has 2 aliphatic rings.